The molecule has 1 amide bonds. The fraction of sp³-hybridized carbons (Fsp3) is 0.481. The number of carbonyl (C=O) groups is 3. The molecule has 10 nitrogen and oxygen atoms in total. The van der Waals surface area contributed by atoms with Crippen LogP contribution in [-0.2, 0) is 27.3 Å². The van der Waals surface area contributed by atoms with E-state index in [-0.39, 0.29) is 42.4 Å². The molecule has 2 aliphatic heterocycles. The van der Waals surface area contributed by atoms with Crippen LogP contribution in [0, 0.1) is 23.0 Å². The zero-order valence-electron chi connectivity index (χ0n) is 21.9. The Morgan fingerprint density at radius 2 is 2.00 bits per heavy atom. The second-order valence-electron chi connectivity index (χ2n) is 10.2. The third-order valence-corrected chi connectivity index (χ3v) is 6.82. The number of ketones is 1. The quantitative estimate of drug-likeness (QED) is 0.393. The van der Waals surface area contributed by atoms with Gasteiger partial charge in [0.25, 0.3) is 5.91 Å². The van der Waals surface area contributed by atoms with E-state index >= 15 is 0 Å². The number of nitrogens with one attached hydrogen (secondary N) is 1. The van der Waals surface area contributed by atoms with Crippen LogP contribution in [0.25, 0.3) is 0 Å². The van der Waals surface area contributed by atoms with E-state index < -0.39 is 59.0 Å². The van der Waals surface area contributed by atoms with Gasteiger partial charge in [0.1, 0.15) is 22.9 Å². The van der Waals surface area contributed by atoms with Crippen molar-refractivity contribution in [3.05, 3.63) is 63.1 Å². The first-order valence-electron chi connectivity index (χ1n) is 12.6. The van der Waals surface area contributed by atoms with Gasteiger partial charge < -0.3 is 28.8 Å². The lowest BCUT2D eigenvalue weighted by molar-refractivity contribution is -0.0743. The van der Waals surface area contributed by atoms with Crippen LogP contribution >= 0.6 is 0 Å². The Morgan fingerprint density at radius 3 is 2.72 bits per heavy atom. The van der Waals surface area contributed by atoms with Gasteiger partial charge in [0.2, 0.25) is 12.2 Å². The number of fused-ring (bicyclic) bond motifs is 2. The minimum Gasteiger partial charge on any atom is -0.451 e. The Morgan fingerprint density at radius 1 is 1.23 bits per heavy atom. The van der Waals surface area contributed by atoms with Gasteiger partial charge >= 0.3 is 6.16 Å². The van der Waals surface area contributed by atoms with E-state index in [2.05, 4.69) is 5.32 Å². The summed E-state index contributed by atoms with van der Waals surface area (Å²) in [6.45, 7) is 5.12. The molecule has 1 aromatic carbocycles. The molecule has 0 bridgehead atoms. The van der Waals surface area contributed by atoms with Gasteiger partial charge in [0.05, 0.1) is 24.7 Å². The first-order chi connectivity index (χ1) is 18.5. The van der Waals surface area contributed by atoms with Crippen LogP contribution in [0.4, 0.5) is 13.6 Å². The van der Waals surface area contributed by atoms with E-state index in [1.807, 2.05) is 13.8 Å². The van der Waals surface area contributed by atoms with E-state index in [0.717, 1.165) is 6.07 Å². The third-order valence-electron chi connectivity index (χ3n) is 6.82. The number of ether oxygens (including phenoxy) is 4. The zero-order chi connectivity index (χ0) is 28.3. The number of nitrogens with zero attached hydrogens (tertiary/aromatic N) is 1. The zero-order valence-corrected chi connectivity index (χ0v) is 21.9. The molecule has 0 aliphatic carbocycles. The van der Waals surface area contributed by atoms with E-state index in [1.54, 1.807) is 6.92 Å². The summed E-state index contributed by atoms with van der Waals surface area (Å²) < 4.78 is 49.8. The maximum atomic E-state index is 14.0. The van der Waals surface area contributed by atoms with E-state index in [1.165, 1.54) is 16.8 Å². The summed E-state index contributed by atoms with van der Waals surface area (Å²) in [4.78, 5) is 51.9. The number of aromatic nitrogens is 1. The predicted molar refractivity (Wildman–Crippen MR) is 132 cm³/mol. The molecule has 2 aliphatic rings. The monoisotopic (exact) mass is 548 g/mol. The Kier molecular flexibility index (Phi) is 8.34. The third kappa shape index (κ3) is 5.95. The van der Waals surface area contributed by atoms with E-state index in [0.29, 0.717) is 25.5 Å². The molecule has 0 spiro atoms. The SMILES string of the molecule is CC(C)COC(=O)OCOc1c2n(cc(C(=O)NCc3ccc(F)cc3F)c1=O)C[C@@H]1OCCC[C@]1(C)C2=O. The maximum Gasteiger partial charge on any atom is 0.511 e. The van der Waals surface area contributed by atoms with Crippen LogP contribution in [0.15, 0.2) is 29.2 Å². The molecule has 1 aromatic heterocycles. The summed E-state index contributed by atoms with van der Waals surface area (Å²) in [7, 11) is 0. The number of amides is 1. The van der Waals surface area contributed by atoms with Crippen LogP contribution in [-0.4, -0.2) is 48.5 Å². The highest BCUT2D eigenvalue weighted by atomic mass is 19.1. The molecule has 1 saturated heterocycles. The highest BCUT2D eigenvalue weighted by Crippen LogP contribution is 2.42. The predicted octanol–water partition coefficient (Wildman–Crippen LogP) is 3.58. The van der Waals surface area contributed by atoms with Crippen molar-refractivity contribution in [2.75, 3.05) is 20.0 Å². The molecule has 4 rings (SSSR count). The standard InChI is InChI=1S/C27H30F2N2O8/c1-15(2)13-37-26(35)39-14-38-23-21-24(33)27(3)7-4-8-36-20(27)12-31(21)11-18(22(23)32)25(34)30-10-16-5-6-17(28)9-19(16)29/h5-6,9,11,15,20H,4,7-8,10,12-14H2,1-3H3,(H,30,34)/t20-,27-/m0/s1. The van der Waals surface area contributed by atoms with Gasteiger partial charge in [0, 0.05) is 31.0 Å². The number of pyridine rings is 1. The average molecular weight is 549 g/mol. The molecule has 1 fully saturated rings. The second kappa shape index (κ2) is 11.5. The Hall–Kier alpha value is -3.80. The molecule has 3 heterocycles. The number of hydrogen-bond acceptors (Lipinski definition) is 8. The van der Waals surface area contributed by atoms with E-state index in [9.17, 15) is 28.0 Å². The van der Waals surface area contributed by atoms with Crippen LogP contribution < -0.4 is 15.5 Å². The summed E-state index contributed by atoms with van der Waals surface area (Å²) >= 11 is 0. The van der Waals surface area contributed by atoms with Crippen molar-refractivity contribution in [1.29, 1.82) is 0 Å². The van der Waals surface area contributed by atoms with Gasteiger partial charge in [-0.3, -0.25) is 14.4 Å². The molecule has 1 N–H and O–H groups in total. The number of rotatable bonds is 8. The molecule has 12 heteroatoms. The van der Waals surface area contributed by atoms with Crippen molar-refractivity contribution >= 4 is 17.8 Å². The molecule has 2 atom stereocenters. The molecule has 210 valence electrons. The van der Waals surface area contributed by atoms with Crippen molar-refractivity contribution in [2.24, 2.45) is 11.3 Å². The number of benzene rings is 1. The summed E-state index contributed by atoms with van der Waals surface area (Å²) in [5, 5.41) is 2.44. The van der Waals surface area contributed by atoms with E-state index in [4.69, 9.17) is 18.9 Å². The topological polar surface area (TPSA) is 122 Å². The van der Waals surface area contributed by atoms with Gasteiger partial charge in [-0.1, -0.05) is 19.9 Å². The van der Waals surface area contributed by atoms with Gasteiger partial charge in [-0.15, -0.1) is 0 Å². The lowest BCUT2D eigenvalue weighted by Crippen LogP contribution is -2.52. The first-order valence-corrected chi connectivity index (χ1v) is 12.6. The molecular weight excluding hydrogens is 518 g/mol. The van der Waals surface area contributed by atoms with Crippen LogP contribution in [0.1, 0.15) is 60.0 Å². The fourth-order valence-electron chi connectivity index (χ4n) is 4.63. The van der Waals surface area contributed by atoms with Crippen molar-refractivity contribution < 1.29 is 42.1 Å². The molecule has 2 aromatic rings. The highest BCUT2D eigenvalue weighted by Gasteiger charge is 2.50. The second-order valence-corrected chi connectivity index (χ2v) is 10.2. The highest BCUT2D eigenvalue weighted by molar-refractivity contribution is 6.03. The average Bonchev–Trinajstić information content (AvgIpc) is 2.88. The molecular formula is C27H30F2N2O8. The Labute approximate surface area is 223 Å². The van der Waals surface area contributed by atoms with Crippen molar-refractivity contribution in [1.82, 2.24) is 9.88 Å². The van der Waals surface area contributed by atoms with Gasteiger partial charge in [0.15, 0.2) is 11.5 Å². The van der Waals surface area contributed by atoms with Crippen molar-refractivity contribution in [3.63, 3.8) is 0 Å². The van der Waals surface area contributed by atoms with Crippen LogP contribution in [0.2, 0.25) is 0 Å². The normalized spacial score (nSPS) is 20.2. The van der Waals surface area contributed by atoms with Crippen LogP contribution in [0.3, 0.4) is 0 Å². The lowest BCUT2D eigenvalue weighted by Gasteiger charge is -2.44. The largest absolute Gasteiger partial charge is 0.511 e. The van der Waals surface area contributed by atoms with Gasteiger partial charge in [-0.25, -0.2) is 13.6 Å². The first kappa shape index (κ1) is 28.2. The Bertz CT molecular complexity index is 1340. The number of halogens is 2. The molecule has 39 heavy (non-hydrogen) atoms. The molecule has 0 radical (unpaired) electrons. The van der Waals surface area contributed by atoms with Crippen molar-refractivity contribution in [3.8, 4) is 5.75 Å². The minimum absolute atomic E-state index is 0.00847. The number of Topliss-reactive ketones (excluding diaryl/α,β-unsaturated/α-hetero) is 1. The van der Waals surface area contributed by atoms with Crippen molar-refractivity contribution in [2.45, 2.75) is 52.8 Å². The maximum absolute atomic E-state index is 14.0. The smallest absolute Gasteiger partial charge is 0.451 e. The summed E-state index contributed by atoms with van der Waals surface area (Å²) in [6.07, 6.45) is 0.909. The van der Waals surface area contributed by atoms with Gasteiger partial charge in [-0.2, -0.15) is 0 Å². The summed E-state index contributed by atoms with van der Waals surface area (Å²) in [5.74, 6) is -3.28. The minimum atomic E-state index is -1.02. The Balaban J connectivity index is 1.63. The lowest BCUT2D eigenvalue weighted by atomic mass is 9.71. The number of hydrogen-bond donors (Lipinski definition) is 1. The summed E-state index contributed by atoms with van der Waals surface area (Å²) in [5.41, 5.74) is -2.27. The molecule has 0 saturated carbocycles. The number of carbonyl (C=O) groups excluding carboxylic acids is 3. The van der Waals surface area contributed by atoms with Crippen LogP contribution in [0.5, 0.6) is 5.75 Å². The fourth-order valence-corrected chi connectivity index (χ4v) is 4.63. The summed E-state index contributed by atoms with van der Waals surface area (Å²) in [6, 6.07) is 2.90. The van der Waals surface area contributed by atoms with Gasteiger partial charge in [-0.05, 0) is 31.7 Å². The molecule has 0 unspecified atom stereocenters.